The predicted molar refractivity (Wildman–Crippen MR) is 30.6 cm³/mol. The fourth-order valence-electron chi connectivity index (χ4n) is 0.499. The summed E-state index contributed by atoms with van der Waals surface area (Å²) in [6.45, 7) is 1.83. The maximum Gasteiger partial charge on any atom is 0.256 e. The molecule has 1 radical (unpaired) electrons. The standard InChI is InChI=1S/C6H6NO/c1-5-3-2-4-6(8)7-5/h2-3H,1H3,(H,7,8). The molecule has 1 aromatic heterocycles. The van der Waals surface area contributed by atoms with Gasteiger partial charge in [-0.1, -0.05) is 0 Å². The minimum absolute atomic E-state index is 0.162. The van der Waals surface area contributed by atoms with E-state index in [1.165, 1.54) is 0 Å². The molecule has 0 aliphatic rings. The maximum atomic E-state index is 10.4. The second-order valence-corrected chi connectivity index (χ2v) is 1.61. The Kier molecular flexibility index (Phi) is 1.16. The Hall–Kier alpha value is -1.05. The van der Waals surface area contributed by atoms with Gasteiger partial charge in [-0.2, -0.15) is 0 Å². The van der Waals surface area contributed by atoms with Crippen molar-refractivity contribution in [3.8, 4) is 0 Å². The van der Waals surface area contributed by atoms with E-state index in [2.05, 4.69) is 11.1 Å². The number of nitrogens with one attached hydrogen (secondary N) is 1. The first-order valence-electron chi connectivity index (χ1n) is 2.36. The summed E-state index contributed by atoms with van der Waals surface area (Å²) < 4.78 is 0. The molecule has 8 heavy (non-hydrogen) atoms. The van der Waals surface area contributed by atoms with Crippen molar-refractivity contribution in [2.75, 3.05) is 0 Å². The Morgan fingerprint density at radius 3 is 2.88 bits per heavy atom. The number of aromatic nitrogens is 1. The van der Waals surface area contributed by atoms with Crippen LogP contribution in [-0.2, 0) is 0 Å². The molecule has 0 aliphatic carbocycles. The molecule has 0 aliphatic heterocycles. The lowest BCUT2D eigenvalue weighted by atomic mass is 10.4. The lowest BCUT2D eigenvalue weighted by molar-refractivity contribution is 1.14. The van der Waals surface area contributed by atoms with Gasteiger partial charge in [0.25, 0.3) is 5.56 Å². The highest BCUT2D eigenvalue weighted by Gasteiger charge is 1.80. The highest BCUT2D eigenvalue weighted by atomic mass is 16.1. The van der Waals surface area contributed by atoms with Crippen LogP contribution in [0.3, 0.4) is 0 Å². The first-order valence-corrected chi connectivity index (χ1v) is 2.36. The average molecular weight is 108 g/mol. The van der Waals surface area contributed by atoms with E-state index in [1.54, 1.807) is 12.1 Å². The summed E-state index contributed by atoms with van der Waals surface area (Å²) in [5.74, 6) is 0. The number of aromatic amines is 1. The summed E-state index contributed by atoms with van der Waals surface area (Å²) >= 11 is 0. The van der Waals surface area contributed by atoms with Gasteiger partial charge in [0.1, 0.15) is 0 Å². The van der Waals surface area contributed by atoms with Gasteiger partial charge in [0.2, 0.25) is 0 Å². The molecular formula is C6H6NO. The third-order valence-electron chi connectivity index (χ3n) is 0.858. The smallest absolute Gasteiger partial charge is 0.256 e. The van der Waals surface area contributed by atoms with Crippen molar-refractivity contribution < 1.29 is 0 Å². The lowest BCUT2D eigenvalue weighted by Crippen LogP contribution is -2.03. The number of aryl methyl sites for hydroxylation is 1. The quantitative estimate of drug-likeness (QED) is 0.515. The zero-order valence-corrected chi connectivity index (χ0v) is 4.56. The van der Waals surface area contributed by atoms with Gasteiger partial charge < -0.3 is 4.98 Å². The largest absolute Gasteiger partial charge is 0.326 e. The van der Waals surface area contributed by atoms with Gasteiger partial charge >= 0.3 is 0 Å². The van der Waals surface area contributed by atoms with Gasteiger partial charge in [-0.3, -0.25) is 4.79 Å². The summed E-state index contributed by atoms with van der Waals surface area (Å²) in [5, 5.41) is 0. The molecule has 2 nitrogen and oxygen atoms in total. The third kappa shape index (κ3) is 0.964. The van der Waals surface area contributed by atoms with E-state index in [0.29, 0.717) is 0 Å². The molecule has 0 amide bonds. The monoisotopic (exact) mass is 108 g/mol. The van der Waals surface area contributed by atoms with Crippen molar-refractivity contribution in [2.45, 2.75) is 6.92 Å². The summed E-state index contributed by atoms with van der Waals surface area (Å²) in [5.41, 5.74) is 0.707. The zero-order valence-electron chi connectivity index (χ0n) is 4.56. The van der Waals surface area contributed by atoms with E-state index >= 15 is 0 Å². The zero-order chi connectivity index (χ0) is 5.98. The second-order valence-electron chi connectivity index (χ2n) is 1.61. The third-order valence-corrected chi connectivity index (χ3v) is 0.858. The van der Waals surface area contributed by atoms with Crippen LogP contribution in [0.2, 0.25) is 0 Å². The second kappa shape index (κ2) is 1.82. The Morgan fingerprint density at radius 2 is 2.50 bits per heavy atom. The van der Waals surface area contributed by atoms with Gasteiger partial charge in [-0.15, -0.1) is 0 Å². The Labute approximate surface area is 47.2 Å². The van der Waals surface area contributed by atoms with Crippen molar-refractivity contribution in [1.82, 2.24) is 4.98 Å². The van der Waals surface area contributed by atoms with Crippen LogP contribution in [-0.4, -0.2) is 4.98 Å². The number of hydrogen-bond acceptors (Lipinski definition) is 1. The molecule has 0 unspecified atom stereocenters. The Bertz CT molecular complexity index is 226. The first-order chi connectivity index (χ1) is 3.79. The van der Waals surface area contributed by atoms with Crippen molar-refractivity contribution in [3.63, 3.8) is 0 Å². The van der Waals surface area contributed by atoms with Crippen molar-refractivity contribution in [2.24, 2.45) is 0 Å². The number of rotatable bonds is 0. The minimum Gasteiger partial charge on any atom is -0.326 e. The summed E-state index contributed by atoms with van der Waals surface area (Å²) in [6.07, 6.45) is 0. The molecule has 0 fully saturated rings. The molecule has 41 valence electrons. The molecule has 0 spiro atoms. The van der Waals surface area contributed by atoms with E-state index in [0.717, 1.165) is 5.69 Å². The summed E-state index contributed by atoms with van der Waals surface area (Å²) in [6, 6.07) is 5.86. The topological polar surface area (TPSA) is 32.9 Å². The van der Waals surface area contributed by atoms with Crippen LogP contribution in [0.25, 0.3) is 0 Å². The van der Waals surface area contributed by atoms with E-state index < -0.39 is 0 Å². The minimum atomic E-state index is -0.162. The number of H-pyrrole nitrogens is 1. The molecular weight excluding hydrogens is 102 g/mol. The van der Waals surface area contributed by atoms with Crippen LogP contribution in [0, 0.1) is 13.0 Å². The van der Waals surface area contributed by atoms with Crippen LogP contribution in [0.5, 0.6) is 0 Å². The SMILES string of the molecule is Cc1cc[c]c(=O)[nH]1. The normalized spacial score (nSPS) is 9.12. The summed E-state index contributed by atoms with van der Waals surface area (Å²) in [7, 11) is 0. The van der Waals surface area contributed by atoms with Gasteiger partial charge in [-0.05, 0) is 19.1 Å². The highest BCUT2D eigenvalue weighted by Crippen LogP contribution is 1.81. The van der Waals surface area contributed by atoms with E-state index in [9.17, 15) is 4.79 Å². The van der Waals surface area contributed by atoms with Crippen molar-refractivity contribution in [1.29, 1.82) is 0 Å². The van der Waals surface area contributed by atoms with Gasteiger partial charge in [0, 0.05) is 5.69 Å². The van der Waals surface area contributed by atoms with Gasteiger partial charge in [0.15, 0.2) is 0 Å². The Balaban J connectivity index is 3.28. The Morgan fingerprint density at radius 1 is 1.75 bits per heavy atom. The van der Waals surface area contributed by atoms with Crippen molar-refractivity contribution >= 4 is 0 Å². The molecule has 0 aromatic carbocycles. The van der Waals surface area contributed by atoms with Crippen LogP contribution in [0.4, 0.5) is 0 Å². The van der Waals surface area contributed by atoms with E-state index in [1.807, 2.05) is 6.92 Å². The van der Waals surface area contributed by atoms with Gasteiger partial charge in [0.05, 0.1) is 6.07 Å². The molecule has 1 rings (SSSR count). The molecule has 2 heteroatoms. The molecule has 0 atom stereocenters. The lowest BCUT2D eigenvalue weighted by Gasteiger charge is -1.84. The van der Waals surface area contributed by atoms with Crippen LogP contribution < -0.4 is 5.56 Å². The van der Waals surface area contributed by atoms with E-state index in [4.69, 9.17) is 0 Å². The van der Waals surface area contributed by atoms with Crippen LogP contribution in [0.1, 0.15) is 5.69 Å². The highest BCUT2D eigenvalue weighted by molar-refractivity contribution is 4.99. The van der Waals surface area contributed by atoms with Crippen LogP contribution in [0.15, 0.2) is 16.9 Å². The number of hydrogen-bond donors (Lipinski definition) is 1. The average Bonchev–Trinajstić information content (AvgIpc) is 1.64. The first kappa shape index (κ1) is 5.09. The fourth-order valence-corrected chi connectivity index (χ4v) is 0.499. The molecule has 0 saturated carbocycles. The molecule has 0 saturated heterocycles. The van der Waals surface area contributed by atoms with E-state index in [-0.39, 0.29) is 5.56 Å². The molecule has 0 bridgehead atoms. The molecule has 1 heterocycles. The predicted octanol–water partition coefficient (Wildman–Crippen LogP) is 0.484. The summed E-state index contributed by atoms with van der Waals surface area (Å²) in [4.78, 5) is 12.9. The number of pyridine rings is 1. The molecule has 1 N–H and O–H groups in total. The van der Waals surface area contributed by atoms with Crippen LogP contribution >= 0.6 is 0 Å². The molecule has 1 aromatic rings. The fraction of sp³-hybridized carbons (Fsp3) is 0.167. The van der Waals surface area contributed by atoms with Gasteiger partial charge in [-0.25, -0.2) is 0 Å². The maximum absolute atomic E-state index is 10.4. The van der Waals surface area contributed by atoms with Crippen molar-refractivity contribution in [3.05, 3.63) is 34.2 Å².